The molecular formula is C24H28N2O2S. The molecule has 0 radical (unpaired) electrons. The maximum Gasteiger partial charge on any atom is 0.231 e. The Morgan fingerprint density at radius 2 is 1.76 bits per heavy atom. The number of nitrogens with zero attached hydrogens (tertiary/aromatic N) is 1. The number of rotatable bonds is 1. The SMILES string of the molecule is C[C@H]1C2CCN(C(=S)NC(C)(C)C)C1c1cc(-c3ccc4c(c3)OCO4)ccc12. The largest absolute Gasteiger partial charge is 0.454 e. The van der Waals surface area contributed by atoms with Crippen molar-refractivity contribution in [3.8, 4) is 22.6 Å². The van der Waals surface area contributed by atoms with Crippen molar-refractivity contribution in [1.82, 2.24) is 10.2 Å². The second kappa shape index (κ2) is 6.63. The second-order valence-corrected chi connectivity index (χ2v) is 9.87. The van der Waals surface area contributed by atoms with Crippen LogP contribution < -0.4 is 14.8 Å². The molecule has 0 amide bonds. The van der Waals surface area contributed by atoms with E-state index in [0.29, 0.717) is 24.7 Å². The zero-order valence-electron chi connectivity index (χ0n) is 17.5. The summed E-state index contributed by atoms with van der Waals surface area (Å²) in [5.74, 6) is 2.83. The predicted octanol–water partition coefficient (Wildman–Crippen LogP) is 5.24. The van der Waals surface area contributed by atoms with Gasteiger partial charge in [0.25, 0.3) is 0 Å². The lowest BCUT2D eigenvalue weighted by atomic mass is 9.86. The number of thiocarbonyl (C=S) groups is 1. The maximum atomic E-state index is 5.83. The van der Waals surface area contributed by atoms with Crippen LogP contribution in [-0.4, -0.2) is 28.9 Å². The molecule has 3 atom stereocenters. The van der Waals surface area contributed by atoms with Gasteiger partial charge in [0, 0.05) is 12.1 Å². The lowest BCUT2D eigenvalue weighted by molar-refractivity contribution is 0.174. The molecule has 2 aromatic rings. The number of nitrogens with one attached hydrogen (secondary N) is 1. The van der Waals surface area contributed by atoms with E-state index in [1.165, 1.54) is 16.7 Å². The minimum atomic E-state index is -0.0348. The highest BCUT2D eigenvalue weighted by molar-refractivity contribution is 7.80. The van der Waals surface area contributed by atoms with Gasteiger partial charge in [0.05, 0.1) is 6.04 Å². The van der Waals surface area contributed by atoms with Gasteiger partial charge in [-0.1, -0.05) is 25.1 Å². The predicted molar refractivity (Wildman–Crippen MR) is 119 cm³/mol. The van der Waals surface area contributed by atoms with Crippen molar-refractivity contribution in [2.75, 3.05) is 13.3 Å². The average Bonchev–Trinajstić information content (AvgIpc) is 3.18. The highest BCUT2D eigenvalue weighted by atomic mass is 32.1. The number of hydrogen-bond donors (Lipinski definition) is 1. The summed E-state index contributed by atoms with van der Waals surface area (Å²) in [6, 6.07) is 13.5. The van der Waals surface area contributed by atoms with Crippen LogP contribution in [0.25, 0.3) is 11.1 Å². The van der Waals surface area contributed by atoms with Gasteiger partial charge >= 0.3 is 0 Å². The van der Waals surface area contributed by atoms with E-state index in [2.05, 4.69) is 68.2 Å². The van der Waals surface area contributed by atoms with Gasteiger partial charge in [-0.25, -0.2) is 0 Å². The van der Waals surface area contributed by atoms with Crippen LogP contribution in [0.1, 0.15) is 57.2 Å². The number of benzene rings is 2. The minimum absolute atomic E-state index is 0.0348. The third-order valence-electron chi connectivity index (χ3n) is 6.40. The second-order valence-electron chi connectivity index (χ2n) is 9.48. The van der Waals surface area contributed by atoms with Gasteiger partial charge in [0.15, 0.2) is 16.6 Å². The normalized spacial score (nSPS) is 24.4. The van der Waals surface area contributed by atoms with Crippen LogP contribution in [0.4, 0.5) is 0 Å². The highest BCUT2D eigenvalue weighted by Crippen LogP contribution is 2.53. The summed E-state index contributed by atoms with van der Waals surface area (Å²) in [7, 11) is 0. The number of ether oxygens (including phenoxy) is 2. The van der Waals surface area contributed by atoms with Crippen molar-refractivity contribution in [3.05, 3.63) is 47.5 Å². The molecule has 2 aliphatic heterocycles. The Hall–Kier alpha value is -2.27. The first-order valence-corrected chi connectivity index (χ1v) is 10.9. The number of piperidine rings is 1. The van der Waals surface area contributed by atoms with E-state index in [1.807, 2.05) is 6.07 Å². The van der Waals surface area contributed by atoms with Crippen molar-refractivity contribution >= 4 is 17.3 Å². The molecular weight excluding hydrogens is 380 g/mol. The first-order chi connectivity index (χ1) is 13.8. The van der Waals surface area contributed by atoms with E-state index in [1.54, 1.807) is 0 Å². The highest BCUT2D eigenvalue weighted by Gasteiger charge is 2.45. The molecule has 2 heterocycles. The molecule has 3 aliphatic rings. The summed E-state index contributed by atoms with van der Waals surface area (Å²) in [6.07, 6.45) is 1.15. The average molecular weight is 409 g/mol. The molecule has 5 rings (SSSR count). The maximum absolute atomic E-state index is 5.83. The quantitative estimate of drug-likeness (QED) is 0.653. The fraction of sp³-hybridized carbons (Fsp3) is 0.458. The van der Waals surface area contributed by atoms with Crippen LogP contribution in [-0.2, 0) is 0 Å². The minimum Gasteiger partial charge on any atom is -0.454 e. The molecule has 1 saturated heterocycles. The molecule has 2 aromatic carbocycles. The van der Waals surface area contributed by atoms with Gasteiger partial charge in [-0.3, -0.25) is 0 Å². The Labute approximate surface area is 178 Å². The van der Waals surface area contributed by atoms with Gasteiger partial charge in [-0.2, -0.15) is 0 Å². The van der Waals surface area contributed by atoms with Crippen LogP contribution in [0, 0.1) is 5.92 Å². The van der Waals surface area contributed by atoms with Gasteiger partial charge in [-0.15, -0.1) is 0 Å². The number of likely N-dealkylation sites (tertiary alicyclic amines) is 1. The molecule has 1 N–H and O–H groups in total. The molecule has 2 bridgehead atoms. The van der Waals surface area contributed by atoms with Crippen LogP contribution in [0.15, 0.2) is 36.4 Å². The van der Waals surface area contributed by atoms with E-state index in [-0.39, 0.29) is 5.54 Å². The van der Waals surface area contributed by atoms with E-state index in [4.69, 9.17) is 21.7 Å². The van der Waals surface area contributed by atoms with Crippen molar-refractivity contribution in [1.29, 1.82) is 0 Å². The summed E-state index contributed by atoms with van der Waals surface area (Å²) < 4.78 is 11.0. The van der Waals surface area contributed by atoms with Gasteiger partial charge < -0.3 is 19.7 Å². The molecule has 2 unspecified atom stereocenters. The Balaban J connectivity index is 1.51. The fourth-order valence-corrected chi connectivity index (χ4v) is 5.63. The Morgan fingerprint density at radius 1 is 1.03 bits per heavy atom. The number of hydrogen-bond acceptors (Lipinski definition) is 3. The lowest BCUT2D eigenvalue weighted by Crippen LogP contribution is -2.51. The van der Waals surface area contributed by atoms with Crippen LogP contribution in [0.2, 0.25) is 0 Å². The molecule has 4 nitrogen and oxygen atoms in total. The smallest absolute Gasteiger partial charge is 0.231 e. The molecule has 5 heteroatoms. The first kappa shape index (κ1) is 18.7. The van der Waals surface area contributed by atoms with Gasteiger partial charge in [0.1, 0.15) is 0 Å². The van der Waals surface area contributed by atoms with Crippen molar-refractivity contribution < 1.29 is 9.47 Å². The number of fused-ring (bicyclic) bond motifs is 6. The fourth-order valence-electron chi connectivity index (χ4n) is 5.12. The van der Waals surface area contributed by atoms with E-state index in [0.717, 1.165) is 35.1 Å². The van der Waals surface area contributed by atoms with Gasteiger partial charge in [-0.05, 0) is 91.7 Å². The van der Waals surface area contributed by atoms with Crippen LogP contribution in [0.3, 0.4) is 0 Å². The zero-order valence-corrected chi connectivity index (χ0v) is 18.3. The summed E-state index contributed by atoms with van der Waals surface area (Å²) in [6.45, 7) is 10.2. The molecule has 152 valence electrons. The Bertz CT molecular complexity index is 981. The van der Waals surface area contributed by atoms with Crippen molar-refractivity contribution in [2.45, 2.75) is 51.6 Å². The summed E-state index contributed by atoms with van der Waals surface area (Å²) >= 11 is 5.83. The van der Waals surface area contributed by atoms with Crippen LogP contribution in [0.5, 0.6) is 11.5 Å². The molecule has 0 saturated carbocycles. The standard InChI is InChI=1S/C24H28N2O2S/c1-14-17-9-10-26(23(29)25-24(2,3)4)22(14)19-11-15(5-7-18(17)19)16-6-8-20-21(12-16)28-13-27-20/h5-8,11-12,14,17,22H,9-10,13H2,1-4H3,(H,25,29)/t14-,17?,22?/m0/s1. The molecule has 0 aromatic heterocycles. The molecule has 29 heavy (non-hydrogen) atoms. The van der Waals surface area contributed by atoms with Crippen molar-refractivity contribution in [3.63, 3.8) is 0 Å². The van der Waals surface area contributed by atoms with Crippen LogP contribution >= 0.6 is 12.2 Å². The summed E-state index contributed by atoms with van der Waals surface area (Å²) in [5, 5.41) is 4.39. The third-order valence-corrected chi connectivity index (χ3v) is 6.74. The topological polar surface area (TPSA) is 33.7 Å². The van der Waals surface area contributed by atoms with Gasteiger partial charge in [0.2, 0.25) is 6.79 Å². The van der Waals surface area contributed by atoms with E-state index >= 15 is 0 Å². The van der Waals surface area contributed by atoms with E-state index in [9.17, 15) is 0 Å². The summed E-state index contributed by atoms with van der Waals surface area (Å²) in [5.41, 5.74) is 5.26. The molecule has 1 fully saturated rings. The zero-order chi connectivity index (χ0) is 20.3. The van der Waals surface area contributed by atoms with E-state index < -0.39 is 0 Å². The monoisotopic (exact) mass is 408 g/mol. The Morgan fingerprint density at radius 3 is 2.55 bits per heavy atom. The Kier molecular flexibility index (Phi) is 4.28. The third kappa shape index (κ3) is 3.16. The molecule has 1 aliphatic carbocycles. The molecule has 0 spiro atoms. The summed E-state index contributed by atoms with van der Waals surface area (Å²) in [4.78, 5) is 2.41. The van der Waals surface area contributed by atoms with Crippen molar-refractivity contribution in [2.24, 2.45) is 5.92 Å². The first-order valence-electron chi connectivity index (χ1n) is 10.4. The lowest BCUT2D eigenvalue weighted by Gasteiger charge is -2.41.